The molecule has 1 N–H and O–H groups in total. The SMILES string of the molecule is C[C@@H](NCc1nccn1C(F)F)c1ccccc1Br. The molecular formula is C13H14BrF2N3. The molecule has 2 rings (SSSR count). The highest BCUT2D eigenvalue weighted by Gasteiger charge is 2.13. The number of rotatable bonds is 5. The Labute approximate surface area is 118 Å². The van der Waals surface area contributed by atoms with Gasteiger partial charge in [0.1, 0.15) is 5.82 Å². The number of nitrogens with one attached hydrogen (secondary N) is 1. The molecule has 0 aliphatic heterocycles. The molecule has 0 bridgehead atoms. The van der Waals surface area contributed by atoms with Gasteiger partial charge in [-0.25, -0.2) is 4.98 Å². The van der Waals surface area contributed by atoms with Crippen molar-refractivity contribution in [2.24, 2.45) is 0 Å². The van der Waals surface area contributed by atoms with Crippen LogP contribution in [0.1, 0.15) is 30.9 Å². The van der Waals surface area contributed by atoms with Gasteiger partial charge in [-0.05, 0) is 18.6 Å². The summed E-state index contributed by atoms with van der Waals surface area (Å²) in [4.78, 5) is 3.93. The minimum absolute atomic E-state index is 0.0402. The third-order valence-corrected chi connectivity index (χ3v) is 3.62. The summed E-state index contributed by atoms with van der Waals surface area (Å²) in [7, 11) is 0. The average Bonchev–Trinajstić information content (AvgIpc) is 2.85. The van der Waals surface area contributed by atoms with Crippen molar-refractivity contribution in [3.05, 3.63) is 52.5 Å². The van der Waals surface area contributed by atoms with Crippen LogP contribution < -0.4 is 5.32 Å². The van der Waals surface area contributed by atoms with E-state index in [9.17, 15) is 8.78 Å². The number of hydrogen-bond acceptors (Lipinski definition) is 2. The summed E-state index contributed by atoms with van der Waals surface area (Å²) in [6.07, 6.45) is 2.66. The number of nitrogens with zero attached hydrogens (tertiary/aromatic N) is 2. The number of benzene rings is 1. The van der Waals surface area contributed by atoms with Crippen molar-refractivity contribution in [2.45, 2.75) is 26.1 Å². The van der Waals surface area contributed by atoms with Gasteiger partial charge < -0.3 is 5.32 Å². The van der Waals surface area contributed by atoms with E-state index in [0.717, 1.165) is 14.6 Å². The molecule has 0 aliphatic carbocycles. The second kappa shape index (κ2) is 6.25. The first-order valence-corrected chi connectivity index (χ1v) is 6.66. The number of aromatic nitrogens is 2. The summed E-state index contributed by atoms with van der Waals surface area (Å²) in [5.41, 5.74) is 1.08. The fourth-order valence-electron chi connectivity index (χ4n) is 1.84. The van der Waals surface area contributed by atoms with Crippen molar-refractivity contribution >= 4 is 15.9 Å². The molecule has 0 radical (unpaired) electrons. The number of alkyl halides is 2. The molecule has 1 heterocycles. The summed E-state index contributed by atoms with van der Waals surface area (Å²) < 4.78 is 27.2. The average molecular weight is 330 g/mol. The van der Waals surface area contributed by atoms with Gasteiger partial charge in [-0.15, -0.1) is 0 Å². The maximum atomic E-state index is 12.7. The minimum atomic E-state index is -2.56. The summed E-state index contributed by atoms with van der Waals surface area (Å²) >= 11 is 3.47. The predicted molar refractivity (Wildman–Crippen MR) is 72.9 cm³/mol. The highest BCUT2D eigenvalue weighted by molar-refractivity contribution is 9.10. The highest BCUT2D eigenvalue weighted by atomic mass is 79.9. The summed E-state index contributed by atoms with van der Waals surface area (Å²) in [6, 6.07) is 7.86. The van der Waals surface area contributed by atoms with Crippen LogP contribution in [0.4, 0.5) is 8.78 Å². The first-order chi connectivity index (χ1) is 9.09. The quantitative estimate of drug-likeness (QED) is 0.901. The largest absolute Gasteiger partial charge is 0.319 e. The molecule has 19 heavy (non-hydrogen) atoms. The number of imidazole rings is 1. The molecule has 1 atom stereocenters. The molecule has 0 unspecified atom stereocenters. The minimum Gasteiger partial charge on any atom is -0.303 e. The molecule has 1 aromatic heterocycles. The molecule has 3 nitrogen and oxygen atoms in total. The predicted octanol–water partition coefficient (Wildman–Crippen LogP) is 3.89. The Bertz CT molecular complexity index is 542. The van der Waals surface area contributed by atoms with Crippen LogP contribution >= 0.6 is 15.9 Å². The second-order valence-electron chi connectivity index (χ2n) is 4.15. The molecule has 1 aromatic carbocycles. The van der Waals surface area contributed by atoms with Crippen LogP contribution in [0.15, 0.2) is 41.1 Å². The van der Waals surface area contributed by atoms with Gasteiger partial charge in [-0.1, -0.05) is 34.1 Å². The zero-order valence-corrected chi connectivity index (χ0v) is 11.9. The molecule has 0 spiro atoms. The van der Waals surface area contributed by atoms with Crippen LogP contribution in [-0.2, 0) is 6.54 Å². The Morgan fingerprint density at radius 1 is 1.37 bits per heavy atom. The van der Waals surface area contributed by atoms with E-state index in [1.165, 1.54) is 12.4 Å². The Kier molecular flexibility index (Phi) is 4.66. The van der Waals surface area contributed by atoms with Crippen molar-refractivity contribution in [3.63, 3.8) is 0 Å². The standard InChI is InChI=1S/C13H14BrF2N3/c1-9(10-4-2-3-5-11(10)14)18-8-12-17-6-7-19(12)13(15)16/h2-7,9,13,18H,8H2,1H3/t9-/m1/s1. The molecule has 0 fully saturated rings. The van der Waals surface area contributed by atoms with E-state index in [2.05, 4.69) is 26.2 Å². The van der Waals surface area contributed by atoms with E-state index in [1.54, 1.807) is 0 Å². The zero-order valence-electron chi connectivity index (χ0n) is 10.4. The molecule has 2 aromatic rings. The van der Waals surface area contributed by atoms with Gasteiger partial charge in [0.15, 0.2) is 0 Å². The fourth-order valence-corrected chi connectivity index (χ4v) is 2.47. The van der Waals surface area contributed by atoms with Crippen molar-refractivity contribution in [2.75, 3.05) is 0 Å². The van der Waals surface area contributed by atoms with Crippen molar-refractivity contribution in [1.82, 2.24) is 14.9 Å². The van der Waals surface area contributed by atoms with Crippen molar-refractivity contribution in [1.29, 1.82) is 0 Å². The zero-order chi connectivity index (χ0) is 13.8. The van der Waals surface area contributed by atoms with Gasteiger partial charge in [0.25, 0.3) is 0 Å². The van der Waals surface area contributed by atoms with Gasteiger partial charge in [0, 0.05) is 22.9 Å². The smallest absolute Gasteiger partial charge is 0.303 e. The molecular weight excluding hydrogens is 316 g/mol. The second-order valence-corrected chi connectivity index (χ2v) is 5.01. The number of halogens is 3. The van der Waals surface area contributed by atoms with Gasteiger partial charge in [-0.3, -0.25) is 4.57 Å². The normalized spacial score (nSPS) is 12.9. The third-order valence-electron chi connectivity index (χ3n) is 2.90. The van der Waals surface area contributed by atoms with Crippen LogP contribution in [0.5, 0.6) is 0 Å². The third kappa shape index (κ3) is 3.39. The maximum Gasteiger partial charge on any atom is 0.319 e. The van der Waals surface area contributed by atoms with Crippen molar-refractivity contribution in [3.8, 4) is 0 Å². The highest BCUT2D eigenvalue weighted by Crippen LogP contribution is 2.23. The lowest BCUT2D eigenvalue weighted by Gasteiger charge is -2.16. The van der Waals surface area contributed by atoms with E-state index in [-0.39, 0.29) is 6.04 Å². The van der Waals surface area contributed by atoms with E-state index in [4.69, 9.17) is 0 Å². The Morgan fingerprint density at radius 2 is 2.11 bits per heavy atom. The molecule has 6 heteroatoms. The topological polar surface area (TPSA) is 29.9 Å². The van der Waals surface area contributed by atoms with Crippen LogP contribution in [-0.4, -0.2) is 9.55 Å². The Morgan fingerprint density at radius 3 is 2.79 bits per heavy atom. The molecule has 0 amide bonds. The van der Waals surface area contributed by atoms with Gasteiger partial charge in [0.05, 0.1) is 6.54 Å². The van der Waals surface area contributed by atoms with Crippen LogP contribution in [0.3, 0.4) is 0 Å². The van der Waals surface area contributed by atoms with Crippen LogP contribution in [0, 0.1) is 0 Å². The lowest BCUT2D eigenvalue weighted by atomic mass is 10.1. The molecule has 102 valence electrons. The van der Waals surface area contributed by atoms with Gasteiger partial charge in [-0.2, -0.15) is 8.78 Å². The van der Waals surface area contributed by atoms with Gasteiger partial charge in [0.2, 0.25) is 0 Å². The van der Waals surface area contributed by atoms with Crippen LogP contribution in [0.25, 0.3) is 0 Å². The first-order valence-electron chi connectivity index (χ1n) is 5.87. The van der Waals surface area contributed by atoms with Crippen molar-refractivity contribution < 1.29 is 8.78 Å². The van der Waals surface area contributed by atoms with E-state index < -0.39 is 6.55 Å². The lowest BCUT2D eigenvalue weighted by molar-refractivity contribution is 0.0665. The summed E-state index contributed by atoms with van der Waals surface area (Å²) in [5.74, 6) is 0.328. The molecule has 0 saturated heterocycles. The van der Waals surface area contributed by atoms with Gasteiger partial charge >= 0.3 is 6.55 Å². The Balaban J connectivity index is 2.03. The monoisotopic (exact) mass is 329 g/mol. The lowest BCUT2D eigenvalue weighted by Crippen LogP contribution is -2.21. The summed E-state index contributed by atoms with van der Waals surface area (Å²) in [5, 5.41) is 3.19. The molecule has 0 saturated carbocycles. The summed E-state index contributed by atoms with van der Waals surface area (Å²) in [6.45, 7) is -0.284. The number of hydrogen-bond donors (Lipinski definition) is 1. The fraction of sp³-hybridized carbons (Fsp3) is 0.308. The molecule has 0 aliphatic rings. The first kappa shape index (κ1) is 14.1. The van der Waals surface area contributed by atoms with E-state index in [0.29, 0.717) is 12.4 Å². The van der Waals surface area contributed by atoms with Crippen LogP contribution in [0.2, 0.25) is 0 Å². The van der Waals surface area contributed by atoms with E-state index >= 15 is 0 Å². The maximum absolute atomic E-state index is 12.7. The Hall–Kier alpha value is -1.27. The van der Waals surface area contributed by atoms with E-state index in [1.807, 2.05) is 31.2 Å².